The van der Waals surface area contributed by atoms with Crippen LogP contribution in [0, 0.1) is 5.82 Å². The quantitative estimate of drug-likeness (QED) is 0.658. The van der Waals surface area contributed by atoms with Crippen molar-refractivity contribution in [3.05, 3.63) is 63.9 Å². The summed E-state index contributed by atoms with van der Waals surface area (Å²) < 4.78 is 15.0. The lowest BCUT2D eigenvalue weighted by Crippen LogP contribution is -2.23. The van der Waals surface area contributed by atoms with Gasteiger partial charge in [0.2, 0.25) is 5.91 Å². The molecule has 0 bridgehead atoms. The second kappa shape index (κ2) is 8.68. The van der Waals surface area contributed by atoms with Crippen molar-refractivity contribution in [1.82, 2.24) is 0 Å². The Balaban J connectivity index is 2.60. The molecule has 126 valence electrons. The van der Waals surface area contributed by atoms with Crippen molar-refractivity contribution in [3.63, 3.8) is 0 Å². The Morgan fingerprint density at radius 3 is 2.67 bits per heavy atom. The van der Waals surface area contributed by atoms with E-state index in [2.05, 4.69) is 26.2 Å². The number of carbonyl (C=O) groups is 1. The largest absolute Gasteiger partial charge is 0.394 e. The van der Waals surface area contributed by atoms with Gasteiger partial charge in [0.1, 0.15) is 5.82 Å². The fourth-order valence-electron chi connectivity index (χ4n) is 2.15. The number of carbonyl (C=O) groups excluding carboxylic acids is 1. The molecule has 0 heterocycles. The number of nitrogens with two attached hydrogens (primary N) is 1. The van der Waals surface area contributed by atoms with Crippen LogP contribution in [-0.4, -0.2) is 36.4 Å². The van der Waals surface area contributed by atoms with Crippen LogP contribution >= 0.6 is 15.9 Å². The van der Waals surface area contributed by atoms with Crippen LogP contribution in [-0.2, 0) is 4.79 Å². The van der Waals surface area contributed by atoms with Gasteiger partial charge in [0, 0.05) is 15.6 Å². The van der Waals surface area contributed by atoms with E-state index in [1.165, 1.54) is 6.07 Å². The van der Waals surface area contributed by atoms with Crippen LogP contribution < -0.4 is 11.1 Å². The maximum atomic E-state index is 14.3. The Bertz CT molecular complexity index is 765. The van der Waals surface area contributed by atoms with Crippen molar-refractivity contribution < 1.29 is 14.3 Å². The van der Waals surface area contributed by atoms with Gasteiger partial charge in [-0.3, -0.25) is 9.79 Å². The van der Waals surface area contributed by atoms with Gasteiger partial charge in [-0.2, -0.15) is 0 Å². The number of amides is 1. The fraction of sp³-hybridized carbons (Fsp3) is 0.176. The number of nitrogens with one attached hydrogen (secondary N) is 1. The monoisotopic (exact) mass is 393 g/mol. The van der Waals surface area contributed by atoms with Gasteiger partial charge in [-0.15, -0.1) is 0 Å². The number of aliphatic hydroxyl groups is 1. The smallest absolute Gasteiger partial charge is 0.238 e. The maximum Gasteiger partial charge on any atom is 0.238 e. The lowest BCUT2D eigenvalue weighted by Gasteiger charge is -2.15. The van der Waals surface area contributed by atoms with Crippen LogP contribution in [0.3, 0.4) is 0 Å². The van der Waals surface area contributed by atoms with E-state index < -0.39 is 5.82 Å². The minimum absolute atomic E-state index is 0.112. The third kappa shape index (κ3) is 4.47. The molecule has 24 heavy (non-hydrogen) atoms. The summed E-state index contributed by atoms with van der Waals surface area (Å²) in [5, 5.41) is 11.8. The van der Waals surface area contributed by atoms with E-state index in [1.807, 2.05) is 0 Å². The normalized spacial score (nSPS) is 11.4. The summed E-state index contributed by atoms with van der Waals surface area (Å²) in [5.41, 5.74) is 6.97. The summed E-state index contributed by atoms with van der Waals surface area (Å²) in [6.45, 7) is -0.227. The Morgan fingerprint density at radius 1 is 1.25 bits per heavy atom. The van der Waals surface area contributed by atoms with Gasteiger partial charge in [-0.1, -0.05) is 28.1 Å². The molecular formula is C17H17BrFN3O2. The molecule has 0 fully saturated rings. The van der Waals surface area contributed by atoms with Gasteiger partial charge in [0.15, 0.2) is 0 Å². The van der Waals surface area contributed by atoms with Gasteiger partial charge in [-0.05, 0) is 30.3 Å². The SMILES string of the molecule is NCC(=O)Nc1ccc(Br)cc1/C(=N\CCO)c1ccccc1F. The van der Waals surface area contributed by atoms with E-state index in [4.69, 9.17) is 10.8 Å². The third-order valence-corrected chi connectivity index (χ3v) is 3.69. The highest BCUT2D eigenvalue weighted by Crippen LogP contribution is 2.25. The Labute approximate surface area is 147 Å². The van der Waals surface area contributed by atoms with E-state index in [1.54, 1.807) is 36.4 Å². The first-order chi connectivity index (χ1) is 11.6. The number of aliphatic hydroxyl groups excluding tert-OH is 1. The summed E-state index contributed by atoms with van der Waals surface area (Å²) in [5.74, 6) is -0.807. The molecule has 0 atom stereocenters. The molecule has 0 saturated carbocycles. The van der Waals surface area contributed by atoms with Crippen LogP contribution in [0.1, 0.15) is 11.1 Å². The van der Waals surface area contributed by atoms with E-state index >= 15 is 0 Å². The molecule has 5 nitrogen and oxygen atoms in total. The number of rotatable bonds is 6. The molecule has 0 aliphatic rings. The lowest BCUT2D eigenvalue weighted by molar-refractivity contribution is -0.114. The molecule has 7 heteroatoms. The molecule has 4 N–H and O–H groups in total. The first-order valence-corrected chi connectivity index (χ1v) is 8.06. The Kier molecular flexibility index (Phi) is 6.60. The number of nitrogens with zero attached hydrogens (tertiary/aromatic N) is 1. The summed E-state index contributed by atoms with van der Waals surface area (Å²) in [6.07, 6.45) is 0. The predicted molar refractivity (Wildman–Crippen MR) is 95.8 cm³/mol. The van der Waals surface area contributed by atoms with Crippen LogP contribution in [0.15, 0.2) is 51.9 Å². The molecule has 0 spiro atoms. The van der Waals surface area contributed by atoms with Crippen molar-refractivity contribution in [1.29, 1.82) is 0 Å². The van der Waals surface area contributed by atoms with Crippen molar-refractivity contribution >= 4 is 33.2 Å². The second-order valence-corrected chi connectivity index (χ2v) is 5.79. The summed E-state index contributed by atoms with van der Waals surface area (Å²) in [6, 6.07) is 11.4. The standard InChI is InChI=1S/C17H17BrFN3O2/c18-11-5-6-15(22-16(24)10-20)13(9-11)17(21-7-8-23)12-3-1-2-4-14(12)19/h1-6,9,23H,7-8,10,20H2,(H,22,24)/b21-17-. The van der Waals surface area contributed by atoms with Gasteiger partial charge in [0.05, 0.1) is 31.1 Å². The molecule has 2 aromatic rings. The molecule has 0 aromatic heterocycles. The highest BCUT2D eigenvalue weighted by Gasteiger charge is 2.16. The van der Waals surface area contributed by atoms with Crippen LogP contribution in [0.5, 0.6) is 0 Å². The van der Waals surface area contributed by atoms with Crippen LogP contribution in [0.2, 0.25) is 0 Å². The van der Waals surface area contributed by atoms with Gasteiger partial charge >= 0.3 is 0 Å². The van der Waals surface area contributed by atoms with E-state index in [0.717, 1.165) is 4.47 Å². The van der Waals surface area contributed by atoms with Gasteiger partial charge < -0.3 is 16.2 Å². The molecule has 2 aromatic carbocycles. The number of benzene rings is 2. The maximum absolute atomic E-state index is 14.3. The summed E-state index contributed by atoms with van der Waals surface area (Å²) in [7, 11) is 0. The van der Waals surface area contributed by atoms with Crippen LogP contribution in [0.4, 0.5) is 10.1 Å². The minimum Gasteiger partial charge on any atom is -0.394 e. The lowest BCUT2D eigenvalue weighted by atomic mass is 9.99. The van der Waals surface area contributed by atoms with E-state index in [9.17, 15) is 9.18 Å². The molecular weight excluding hydrogens is 377 g/mol. The van der Waals surface area contributed by atoms with Crippen molar-refractivity contribution in [2.75, 3.05) is 25.0 Å². The highest BCUT2D eigenvalue weighted by atomic mass is 79.9. The third-order valence-electron chi connectivity index (χ3n) is 3.20. The molecule has 0 aliphatic heterocycles. The fourth-order valence-corrected chi connectivity index (χ4v) is 2.51. The number of hydrogen-bond donors (Lipinski definition) is 3. The van der Waals surface area contributed by atoms with Gasteiger partial charge in [0.25, 0.3) is 0 Å². The van der Waals surface area contributed by atoms with E-state index in [0.29, 0.717) is 17.0 Å². The number of halogens is 2. The first kappa shape index (κ1) is 18.3. The summed E-state index contributed by atoms with van der Waals surface area (Å²) in [4.78, 5) is 16.0. The average molecular weight is 394 g/mol. The Hall–Kier alpha value is -2.09. The van der Waals surface area contributed by atoms with Crippen molar-refractivity contribution in [2.45, 2.75) is 0 Å². The van der Waals surface area contributed by atoms with Gasteiger partial charge in [-0.25, -0.2) is 4.39 Å². The second-order valence-electron chi connectivity index (χ2n) is 4.88. The Morgan fingerprint density at radius 2 is 2.00 bits per heavy atom. The zero-order valence-corrected chi connectivity index (χ0v) is 14.4. The molecule has 1 amide bonds. The van der Waals surface area contributed by atoms with Crippen molar-refractivity contribution in [3.8, 4) is 0 Å². The zero-order valence-electron chi connectivity index (χ0n) is 12.8. The predicted octanol–water partition coefficient (Wildman–Crippen LogP) is 2.32. The topological polar surface area (TPSA) is 87.7 Å². The average Bonchev–Trinajstić information content (AvgIpc) is 2.58. The molecule has 0 aliphatic carbocycles. The molecule has 0 radical (unpaired) electrons. The zero-order chi connectivity index (χ0) is 17.5. The number of anilines is 1. The van der Waals surface area contributed by atoms with Crippen LogP contribution in [0.25, 0.3) is 0 Å². The molecule has 0 saturated heterocycles. The number of aliphatic imine (C=N–C) groups is 1. The highest BCUT2D eigenvalue weighted by molar-refractivity contribution is 9.10. The molecule has 2 rings (SSSR count). The molecule has 0 unspecified atom stereocenters. The minimum atomic E-state index is -0.440. The number of hydrogen-bond acceptors (Lipinski definition) is 4. The van der Waals surface area contributed by atoms with E-state index in [-0.39, 0.29) is 31.2 Å². The first-order valence-electron chi connectivity index (χ1n) is 7.27. The summed E-state index contributed by atoms with van der Waals surface area (Å²) >= 11 is 3.37. The van der Waals surface area contributed by atoms with Crippen molar-refractivity contribution in [2.24, 2.45) is 10.7 Å².